The molecule has 1 amide bonds. The Morgan fingerprint density at radius 3 is 2.79 bits per heavy atom. The van der Waals surface area contributed by atoms with Crippen molar-refractivity contribution < 1.29 is 4.79 Å². The van der Waals surface area contributed by atoms with E-state index in [4.69, 9.17) is 0 Å². The van der Waals surface area contributed by atoms with Crippen LogP contribution in [0.4, 0.5) is 5.13 Å². The van der Waals surface area contributed by atoms with E-state index in [0.717, 1.165) is 21.4 Å². The van der Waals surface area contributed by atoms with Crippen LogP contribution in [0.1, 0.15) is 27.3 Å². The number of carbonyl (C=O) groups excluding carboxylic acids is 1. The van der Waals surface area contributed by atoms with Crippen LogP contribution in [0.15, 0.2) is 36.5 Å². The lowest BCUT2D eigenvalue weighted by Gasteiger charge is -2.02. The zero-order valence-electron chi connectivity index (χ0n) is 13.6. The van der Waals surface area contributed by atoms with Gasteiger partial charge in [0.1, 0.15) is 11.3 Å². The molecule has 0 fully saturated rings. The van der Waals surface area contributed by atoms with Crippen LogP contribution >= 0.6 is 11.3 Å². The zero-order valence-corrected chi connectivity index (χ0v) is 14.4. The van der Waals surface area contributed by atoms with Gasteiger partial charge in [-0.1, -0.05) is 23.5 Å². The van der Waals surface area contributed by atoms with Crippen LogP contribution in [0.2, 0.25) is 0 Å². The van der Waals surface area contributed by atoms with Crippen molar-refractivity contribution in [2.75, 3.05) is 5.32 Å². The predicted octanol–water partition coefficient (Wildman–Crippen LogP) is 4.12. The second-order valence-electron chi connectivity index (χ2n) is 5.80. The molecule has 4 rings (SSSR count). The maximum absolute atomic E-state index is 12.7. The number of imidazole rings is 1. The molecule has 24 heavy (non-hydrogen) atoms. The molecule has 1 N–H and O–H groups in total. The van der Waals surface area contributed by atoms with E-state index in [1.165, 1.54) is 16.9 Å². The van der Waals surface area contributed by atoms with Gasteiger partial charge >= 0.3 is 0 Å². The summed E-state index contributed by atoms with van der Waals surface area (Å²) in [6.45, 7) is 5.96. The number of thiazole rings is 1. The highest BCUT2D eigenvalue weighted by molar-refractivity contribution is 7.22. The molecule has 0 bridgehead atoms. The van der Waals surface area contributed by atoms with E-state index < -0.39 is 0 Å². The summed E-state index contributed by atoms with van der Waals surface area (Å²) in [6, 6.07) is 9.80. The number of anilines is 1. The first-order chi connectivity index (χ1) is 11.5. The number of aryl methyl sites for hydroxylation is 3. The Labute approximate surface area is 143 Å². The van der Waals surface area contributed by atoms with Gasteiger partial charge in [0.2, 0.25) is 0 Å². The number of aromatic nitrogens is 3. The van der Waals surface area contributed by atoms with Crippen molar-refractivity contribution in [2.45, 2.75) is 20.8 Å². The van der Waals surface area contributed by atoms with Crippen LogP contribution in [0.3, 0.4) is 0 Å². The summed E-state index contributed by atoms with van der Waals surface area (Å²) in [5.74, 6) is -0.195. The van der Waals surface area contributed by atoms with Gasteiger partial charge in [0.25, 0.3) is 5.91 Å². The molecule has 5 nitrogen and oxygen atoms in total. The SMILES string of the molecule is Cc1ccc2sc(NC(=O)c3c(C)nc4ccccn34)nc2c1C. The smallest absolute Gasteiger partial charge is 0.276 e. The van der Waals surface area contributed by atoms with Crippen molar-refractivity contribution in [2.24, 2.45) is 0 Å². The first kappa shape index (κ1) is 14.8. The number of hydrogen-bond donors (Lipinski definition) is 1. The van der Waals surface area contributed by atoms with Crippen LogP contribution < -0.4 is 5.32 Å². The third-order valence-electron chi connectivity index (χ3n) is 4.22. The van der Waals surface area contributed by atoms with Crippen LogP contribution in [-0.2, 0) is 0 Å². The third-order valence-corrected chi connectivity index (χ3v) is 5.16. The fraction of sp³-hybridized carbons (Fsp3) is 0.167. The van der Waals surface area contributed by atoms with Crippen molar-refractivity contribution in [3.8, 4) is 0 Å². The molecule has 3 heterocycles. The number of fused-ring (bicyclic) bond motifs is 2. The summed E-state index contributed by atoms with van der Waals surface area (Å²) < 4.78 is 2.87. The van der Waals surface area contributed by atoms with E-state index >= 15 is 0 Å². The predicted molar refractivity (Wildman–Crippen MR) is 97.0 cm³/mol. The summed E-state index contributed by atoms with van der Waals surface area (Å²) in [7, 11) is 0. The topological polar surface area (TPSA) is 59.3 Å². The standard InChI is InChI=1S/C18H16N4OS/c1-10-7-8-13-15(11(10)2)20-18(24-13)21-17(23)16-12(3)19-14-6-4-5-9-22(14)16/h4-9H,1-3H3,(H,20,21,23). The van der Waals surface area contributed by atoms with Gasteiger partial charge in [-0.25, -0.2) is 9.97 Å². The van der Waals surface area contributed by atoms with E-state index in [1.54, 1.807) is 4.40 Å². The number of nitrogens with one attached hydrogen (secondary N) is 1. The van der Waals surface area contributed by atoms with Gasteiger partial charge < -0.3 is 0 Å². The molecule has 0 saturated heterocycles. The van der Waals surface area contributed by atoms with Gasteiger partial charge in [-0.2, -0.15) is 0 Å². The monoisotopic (exact) mass is 336 g/mol. The highest BCUT2D eigenvalue weighted by atomic mass is 32.1. The van der Waals surface area contributed by atoms with Gasteiger partial charge in [-0.15, -0.1) is 0 Å². The molecule has 0 aliphatic rings. The average Bonchev–Trinajstić information content (AvgIpc) is 3.11. The molecular weight excluding hydrogens is 320 g/mol. The Bertz CT molecular complexity index is 1090. The molecule has 1 aromatic carbocycles. The molecule has 0 atom stereocenters. The summed E-state index contributed by atoms with van der Waals surface area (Å²) >= 11 is 1.48. The quantitative estimate of drug-likeness (QED) is 0.599. The van der Waals surface area contributed by atoms with Gasteiger partial charge in [0.05, 0.1) is 15.9 Å². The second-order valence-corrected chi connectivity index (χ2v) is 6.83. The van der Waals surface area contributed by atoms with Crippen molar-refractivity contribution in [1.82, 2.24) is 14.4 Å². The molecule has 0 radical (unpaired) electrons. The summed E-state index contributed by atoms with van der Waals surface area (Å²) in [5.41, 5.74) is 5.30. The first-order valence-corrected chi connectivity index (χ1v) is 8.48. The Morgan fingerprint density at radius 2 is 1.96 bits per heavy atom. The van der Waals surface area contributed by atoms with Crippen molar-refractivity contribution in [3.05, 3.63) is 59.0 Å². The number of benzene rings is 1. The Morgan fingerprint density at radius 1 is 1.12 bits per heavy atom. The third kappa shape index (κ3) is 2.27. The average molecular weight is 336 g/mol. The number of pyridine rings is 1. The fourth-order valence-corrected chi connectivity index (χ4v) is 3.74. The first-order valence-electron chi connectivity index (χ1n) is 7.66. The lowest BCUT2D eigenvalue weighted by Crippen LogP contribution is -2.15. The second kappa shape index (κ2) is 5.42. The molecule has 0 saturated carbocycles. The van der Waals surface area contributed by atoms with Crippen LogP contribution in [0, 0.1) is 20.8 Å². The molecule has 0 unspecified atom stereocenters. The van der Waals surface area contributed by atoms with E-state index in [1.807, 2.05) is 37.4 Å². The Balaban J connectivity index is 1.73. The summed E-state index contributed by atoms with van der Waals surface area (Å²) in [5, 5.41) is 3.53. The molecule has 3 aromatic heterocycles. The summed E-state index contributed by atoms with van der Waals surface area (Å²) in [4.78, 5) is 21.8. The van der Waals surface area contributed by atoms with Crippen molar-refractivity contribution >= 4 is 38.2 Å². The Hall–Kier alpha value is -2.73. The Kier molecular flexibility index (Phi) is 3.35. The fourth-order valence-electron chi connectivity index (χ4n) is 2.82. The number of hydrogen-bond acceptors (Lipinski definition) is 4. The maximum atomic E-state index is 12.7. The van der Waals surface area contributed by atoms with E-state index in [-0.39, 0.29) is 5.91 Å². The lowest BCUT2D eigenvalue weighted by atomic mass is 10.1. The zero-order chi connectivity index (χ0) is 16.8. The molecule has 0 aliphatic heterocycles. The molecular formula is C18H16N4OS. The van der Waals surface area contributed by atoms with Gasteiger partial charge in [0, 0.05) is 6.20 Å². The highest BCUT2D eigenvalue weighted by Crippen LogP contribution is 2.30. The maximum Gasteiger partial charge on any atom is 0.276 e. The molecule has 6 heteroatoms. The summed E-state index contributed by atoms with van der Waals surface area (Å²) in [6.07, 6.45) is 1.84. The largest absolute Gasteiger partial charge is 0.296 e. The number of carbonyl (C=O) groups is 1. The lowest BCUT2D eigenvalue weighted by molar-refractivity contribution is 0.102. The van der Waals surface area contributed by atoms with Gasteiger partial charge in [-0.05, 0) is 50.1 Å². The minimum atomic E-state index is -0.195. The van der Waals surface area contributed by atoms with E-state index in [2.05, 4.69) is 35.2 Å². The van der Waals surface area contributed by atoms with Crippen LogP contribution in [0.5, 0.6) is 0 Å². The van der Waals surface area contributed by atoms with Gasteiger partial charge in [-0.3, -0.25) is 14.5 Å². The van der Waals surface area contributed by atoms with Crippen LogP contribution in [-0.4, -0.2) is 20.3 Å². The molecule has 4 aromatic rings. The highest BCUT2D eigenvalue weighted by Gasteiger charge is 2.18. The number of nitrogens with zero attached hydrogens (tertiary/aromatic N) is 3. The molecule has 0 spiro atoms. The normalized spacial score (nSPS) is 11.3. The van der Waals surface area contributed by atoms with Crippen molar-refractivity contribution in [1.29, 1.82) is 0 Å². The number of amides is 1. The number of rotatable bonds is 2. The van der Waals surface area contributed by atoms with Crippen molar-refractivity contribution in [3.63, 3.8) is 0 Å². The van der Waals surface area contributed by atoms with Gasteiger partial charge in [0.15, 0.2) is 5.13 Å². The van der Waals surface area contributed by atoms with Crippen LogP contribution in [0.25, 0.3) is 15.9 Å². The minimum absolute atomic E-state index is 0.195. The minimum Gasteiger partial charge on any atom is -0.296 e. The van der Waals surface area contributed by atoms with E-state index in [9.17, 15) is 4.79 Å². The molecule has 120 valence electrons. The van der Waals surface area contributed by atoms with E-state index in [0.29, 0.717) is 16.5 Å². The molecule has 0 aliphatic carbocycles.